The van der Waals surface area contributed by atoms with Crippen LogP contribution in [0.2, 0.25) is 0 Å². The topological polar surface area (TPSA) is 101 Å². The summed E-state index contributed by atoms with van der Waals surface area (Å²) in [6.07, 6.45) is 0.370. The average Bonchev–Trinajstić information content (AvgIpc) is 2.99. The normalized spacial score (nSPS) is 11.6. The highest BCUT2D eigenvalue weighted by Gasteiger charge is 2.17. The molecule has 0 aliphatic rings. The first-order chi connectivity index (χ1) is 9.86. The van der Waals surface area contributed by atoms with Crippen molar-refractivity contribution in [1.82, 2.24) is 30.4 Å². The molecule has 114 valence electrons. The number of carbonyl (C=O) groups is 1. The molecule has 0 fully saturated rings. The van der Waals surface area contributed by atoms with Crippen molar-refractivity contribution < 1.29 is 4.79 Å². The highest BCUT2D eigenvalue weighted by molar-refractivity contribution is 7.99. The number of rotatable bonds is 5. The second kappa shape index (κ2) is 6.25. The van der Waals surface area contributed by atoms with Gasteiger partial charge in [-0.2, -0.15) is 5.10 Å². The number of thioether (sulfide) groups is 1. The Morgan fingerprint density at radius 3 is 2.81 bits per heavy atom. The molecule has 0 atom stereocenters. The third-order valence-electron chi connectivity index (χ3n) is 2.79. The lowest BCUT2D eigenvalue weighted by Gasteiger charge is -2.14. The molecular weight excluding hydrogens is 290 g/mol. The van der Waals surface area contributed by atoms with Gasteiger partial charge in [-0.25, -0.2) is 4.68 Å². The van der Waals surface area contributed by atoms with Crippen molar-refractivity contribution in [3.63, 3.8) is 0 Å². The van der Waals surface area contributed by atoms with E-state index >= 15 is 0 Å². The zero-order valence-corrected chi connectivity index (χ0v) is 13.4. The van der Waals surface area contributed by atoms with Crippen molar-refractivity contribution in [3.05, 3.63) is 11.8 Å². The van der Waals surface area contributed by atoms with E-state index in [1.165, 1.54) is 11.8 Å². The first-order valence-corrected chi connectivity index (χ1v) is 7.56. The first kappa shape index (κ1) is 15.5. The third kappa shape index (κ3) is 4.28. The number of amides is 1. The van der Waals surface area contributed by atoms with Crippen LogP contribution in [0.3, 0.4) is 0 Å². The maximum Gasteiger partial charge on any atom is 0.226 e. The predicted molar refractivity (Wildman–Crippen MR) is 80.1 cm³/mol. The molecule has 2 heterocycles. The summed E-state index contributed by atoms with van der Waals surface area (Å²) in [6, 6.07) is 1.86. The summed E-state index contributed by atoms with van der Waals surface area (Å²) in [5.74, 6) is 1.08. The van der Waals surface area contributed by atoms with Gasteiger partial charge in [0.1, 0.15) is 0 Å². The van der Waals surface area contributed by atoms with Crippen LogP contribution in [0, 0.1) is 0 Å². The molecule has 21 heavy (non-hydrogen) atoms. The Bertz CT molecular complexity index is 613. The minimum absolute atomic E-state index is 0.0238. The van der Waals surface area contributed by atoms with Crippen LogP contribution in [0.15, 0.2) is 11.2 Å². The van der Waals surface area contributed by atoms with Crippen LogP contribution in [-0.4, -0.2) is 42.1 Å². The molecule has 0 radical (unpaired) electrons. The molecule has 0 unspecified atom stereocenters. The number of tetrazole rings is 1. The van der Waals surface area contributed by atoms with Crippen molar-refractivity contribution >= 4 is 23.5 Å². The zero-order chi connectivity index (χ0) is 15.5. The van der Waals surface area contributed by atoms with E-state index in [-0.39, 0.29) is 11.3 Å². The fourth-order valence-corrected chi connectivity index (χ4v) is 2.34. The number of aryl methyl sites for hydroxylation is 1. The van der Waals surface area contributed by atoms with Gasteiger partial charge in [0.15, 0.2) is 5.82 Å². The van der Waals surface area contributed by atoms with Crippen molar-refractivity contribution in [1.29, 1.82) is 0 Å². The number of nitrogens with zero attached hydrogens (tertiary/aromatic N) is 5. The van der Waals surface area contributed by atoms with Gasteiger partial charge in [-0.3, -0.25) is 9.89 Å². The van der Waals surface area contributed by atoms with Crippen LogP contribution in [0.1, 0.15) is 32.9 Å². The minimum atomic E-state index is -0.0791. The third-order valence-corrected chi connectivity index (χ3v) is 3.81. The van der Waals surface area contributed by atoms with Gasteiger partial charge in [0.05, 0.1) is 0 Å². The molecular formula is C12H19N7OS. The fraction of sp³-hybridized carbons (Fsp3) is 0.583. The van der Waals surface area contributed by atoms with E-state index in [4.69, 9.17) is 0 Å². The zero-order valence-electron chi connectivity index (χ0n) is 12.5. The van der Waals surface area contributed by atoms with E-state index in [9.17, 15) is 4.79 Å². The molecule has 2 N–H and O–H groups in total. The summed E-state index contributed by atoms with van der Waals surface area (Å²) in [6.45, 7) is 6.24. The molecule has 8 nitrogen and oxygen atoms in total. The summed E-state index contributed by atoms with van der Waals surface area (Å²) in [5.41, 5.74) is 0.960. The molecule has 0 bridgehead atoms. The molecule has 1 amide bonds. The molecule has 0 aliphatic carbocycles. The Balaban J connectivity index is 1.79. The van der Waals surface area contributed by atoms with Gasteiger partial charge < -0.3 is 5.32 Å². The van der Waals surface area contributed by atoms with Gasteiger partial charge in [0.25, 0.3) is 0 Å². The van der Waals surface area contributed by atoms with Crippen molar-refractivity contribution in [2.24, 2.45) is 7.05 Å². The van der Waals surface area contributed by atoms with Gasteiger partial charge in [0.2, 0.25) is 11.1 Å². The Hall–Kier alpha value is -1.90. The van der Waals surface area contributed by atoms with Crippen LogP contribution in [0.5, 0.6) is 0 Å². The van der Waals surface area contributed by atoms with Gasteiger partial charge in [-0.1, -0.05) is 32.5 Å². The van der Waals surface area contributed by atoms with Crippen LogP contribution in [-0.2, 0) is 17.3 Å². The predicted octanol–water partition coefficient (Wildman–Crippen LogP) is 1.35. The van der Waals surface area contributed by atoms with Crippen LogP contribution in [0.25, 0.3) is 0 Å². The Morgan fingerprint density at radius 2 is 2.24 bits per heavy atom. The number of nitrogens with one attached hydrogen (secondary N) is 2. The first-order valence-electron chi connectivity index (χ1n) is 6.57. The summed E-state index contributed by atoms with van der Waals surface area (Å²) in [7, 11) is 1.76. The quantitative estimate of drug-likeness (QED) is 0.808. The van der Waals surface area contributed by atoms with Crippen molar-refractivity contribution in [2.75, 3.05) is 11.1 Å². The standard InChI is InChI=1S/C12H19N7OS/c1-12(2,3)8-7-9(15-14-8)13-10(20)5-6-21-11-16-17-18-19(11)4/h7H,5-6H2,1-4H3,(H2,13,14,15,20). The number of hydrogen-bond donors (Lipinski definition) is 2. The number of aromatic nitrogens is 6. The second-order valence-corrected chi connectivity index (χ2v) is 6.71. The van der Waals surface area contributed by atoms with Gasteiger partial charge >= 0.3 is 0 Å². The SMILES string of the molecule is Cn1nnnc1SCCC(=O)Nc1cc(C(C)(C)C)[nH]n1. The van der Waals surface area contributed by atoms with Crippen molar-refractivity contribution in [2.45, 2.75) is 37.8 Å². The highest BCUT2D eigenvalue weighted by atomic mass is 32.2. The lowest BCUT2D eigenvalue weighted by atomic mass is 9.92. The molecule has 0 aromatic carbocycles. The summed E-state index contributed by atoms with van der Waals surface area (Å²) in [5, 5.41) is 21.6. The smallest absolute Gasteiger partial charge is 0.226 e. The second-order valence-electron chi connectivity index (χ2n) is 5.65. The van der Waals surface area contributed by atoms with Crippen molar-refractivity contribution in [3.8, 4) is 0 Å². The molecule has 2 aromatic rings. The molecule has 0 aliphatic heterocycles. The monoisotopic (exact) mass is 309 g/mol. The Morgan fingerprint density at radius 1 is 1.48 bits per heavy atom. The molecule has 9 heteroatoms. The molecule has 2 aromatic heterocycles. The number of carbonyl (C=O) groups excluding carboxylic acids is 1. The summed E-state index contributed by atoms with van der Waals surface area (Å²) < 4.78 is 1.58. The van der Waals surface area contributed by atoms with Gasteiger partial charge in [-0.05, 0) is 10.4 Å². The van der Waals surface area contributed by atoms with Crippen LogP contribution < -0.4 is 5.32 Å². The number of hydrogen-bond acceptors (Lipinski definition) is 6. The Kier molecular flexibility index (Phi) is 4.61. The average molecular weight is 309 g/mol. The summed E-state index contributed by atoms with van der Waals surface area (Å²) in [4.78, 5) is 11.8. The van der Waals surface area contributed by atoms with Gasteiger partial charge in [-0.15, -0.1) is 5.10 Å². The number of anilines is 1. The van der Waals surface area contributed by atoms with Gasteiger partial charge in [0, 0.05) is 36.4 Å². The Labute approximate surface area is 127 Å². The minimum Gasteiger partial charge on any atom is -0.309 e. The molecule has 2 rings (SSSR count). The fourth-order valence-electron chi connectivity index (χ4n) is 1.55. The van der Waals surface area contributed by atoms with E-state index in [2.05, 4.69) is 51.8 Å². The van der Waals surface area contributed by atoms with Crippen LogP contribution in [0.4, 0.5) is 5.82 Å². The van der Waals surface area contributed by atoms with Crippen LogP contribution >= 0.6 is 11.8 Å². The maximum absolute atomic E-state index is 11.8. The lowest BCUT2D eigenvalue weighted by Crippen LogP contribution is -2.13. The number of H-pyrrole nitrogens is 1. The summed E-state index contributed by atoms with van der Waals surface area (Å²) >= 11 is 1.44. The number of aromatic amines is 1. The van der Waals surface area contributed by atoms with E-state index in [1.54, 1.807) is 11.7 Å². The largest absolute Gasteiger partial charge is 0.309 e. The van der Waals surface area contributed by atoms with E-state index in [0.717, 1.165) is 5.69 Å². The molecule has 0 saturated heterocycles. The molecule has 0 saturated carbocycles. The van der Waals surface area contributed by atoms with E-state index in [0.29, 0.717) is 23.1 Å². The highest BCUT2D eigenvalue weighted by Crippen LogP contribution is 2.22. The molecule has 0 spiro atoms. The lowest BCUT2D eigenvalue weighted by molar-refractivity contribution is -0.115. The van der Waals surface area contributed by atoms with E-state index < -0.39 is 0 Å². The van der Waals surface area contributed by atoms with E-state index in [1.807, 2.05) is 6.07 Å². The maximum atomic E-state index is 11.8.